The lowest BCUT2D eigenvalue weighted by Crippen LogP contribution is -2.48. The Kier molecular flexibility index (Phi) is 6.17. The topological polar surface area (TPSA) is 110 Å². The maximum Gasteiger partial charge on any atom is 0.271 e. The summed E-state index contributed by atoms with van der Waals surface area (Å²) >= 11 is 0. The van der Waals surface area contributed by atoms with Crippen LogP contribution in [0.3, 0.4) is 0 Å². The molecule has 144 valence electrons. The summed E-state index contributed by atoms with van der Waals surface area (Å²) in [6.07, 6.45) is 0.955. The Morgan fingerprint density at radius 2 is 1.74 bits per heavy atom. The zero-order valence-electron chi connectivity index (χ0n) is 15.2. The van der Waals surface area contributed by atoms with Gasteiger partial charge in [0.05, 0.1) is 22.9 Å². The molecular weight excluding hydrogens is 370 g/mol. The van der Waals surface area contributed by atoms with Crippen LogP contribution in [-0.2, 0) is 14.8 Å². The van der Waals surface area contributed by atoms with Crippen molar-refractivity contribution in [1.29, 1.82) is 0 Å². The van der Waals surface area contributed by atoms with Crippen LogP contribution in [0.25, 0.3) is 0 Å². The molecule has 2 atom stereocenters. The molecule has 0 radical (unpaired) electrons. The van der Waals surface area contributed by atoms with E-state index in [0.717, 1.165) is 22.2 Å². The van der Waals surface area contributed by atoms with Crippen molar-refractivity contribution in [3.8, 4) is 0 Å². The molecule has 0 heterocycles. The van der Waals surface area contributed by atoms with Gasteiger partial charge in [-0.3, -0.25) is 19.2 Å². The Morgan fingerprint density at radius 3 is 2.30 bits per heavy atom. The number of carbonyl (C=O) groups is 1. The zero-order chi connectivity index (χ0) is 20.2. The van der Waals surface area contributed by atoms with Gasteiger partial charge in [0.1, 0.15) is 6.04 Å². The quantitative estimate of drug-likeness (QED) is 0.576. The molecule has 0 fully saturated rings. The first kappa shape index (κ1) is 20.4. The van der Waals surface area contributed by atoms with E-state index in [9.17, 15) is 23.3 Å². The summed E-state index contributed by atoms with van der Waals surface area (Å²) in [7, 11) is -3.86. The maximum absolute atomic E-state index is 12.7. The molecule has 1 amide bonds. The Bertz CT molecular complexity index is 931. The molecule has 2 rings (SSSR count). The summed E-state index contributed by atoms with van der Waals surface area (Å²) < 4.78 is 25.5. The van der Waals surface area contributed by atoms with Crippen LogP contribution >= 0.6 is 0 Å². The highest BCUT2D eigenvalue weighted by Crippen LogP contribution is 2.25. The molecular formula is C18H21N3O5S. The van der Waals surface area contributed by atoms with E-state index in [-0.39, 0.29) is 17.4 Å². The van der Waals surface area contributed by atoms with Crippen LogP contribution in [0, 0.1) is 10.1 Å². The number of nitrogens with zero attached hydrogens (tertiary/aromatic N) is 2. The molecule has 0 saturated heterocycles. The number of hydrogen-bond acceptors (Lipinski definition) is 5. The van der Waals surface area contributed by atoms with E-state index in [1.54, 1.807) is 6.92 Å². The van der Waals surface area contributed by atoms with E-state index in [4.69, 9.17) is 0 Å². The number of sulfonamides is 1. The van der Waals surface area contributed by atoms with Gasteiger partial charge < -0.3 is 5.32 Å². The van der Waals surface area contributed by atoms with Crippen LogP contribution in [0.4, 0.5) is 11.4 Å². The molecule has 8 nitrogen and oxygen atoms in total. The summed E-state index contributed by atoms with van der Waals surface area (Å²) in [6.45, 7) is 3.23. The Hall–Kier alpha value is -2.94. The molecule has 0 spiro atoms. The maximum atomic E-state index is 12.7. The number of nitro benzene ring substituents is 1. The fraction of sp³-hybridized carbons (Fsp3) is 0.278. The van der Waals surface area contributed by atoms with Crippen molar-refractivity contribution in [3.05, 3.63) is 70.3 Å². The van der Waals surface area contributed by atoms with Crippen molar-refractivity contribution in [3.63, 3.8) is 0 Å². The lowest BCUT2D eigenvalue weighted by atomic mass is 10.1. The minimum atomic E-state index is -3.86. The molecule has 9 heteroatoms. The molecule has 0 aromatic heterocycles. The van der Waals surface area contributed by atoms with Gasteiger partial charge in [-0.1, -0.05) is 36.4 Å². The number of amides is 1. The molecule has 27 heavy (non-hydrogen) atoms. The second-order valence-electron chi connectivity index (χ2n) is 6.15. The SMILES string of the molecule is C[C@@H](NC(=O)[C@H](C)N(c1cccc([N+](=O)[O-])c1)S(C)(=O)=O)c1ccccc1. The third kappa shape index (κ3) is 5.04. The minimum Gasteiger partial charge on any atom is -0.348 e. The van der Waals surface area contributed by atoms with Crippen molar-refractivity contribution in [1.82, 2.24) is 5.32 Å². The van der Waals surface area contributed by atoms with Gasteiger partial charge in [0.15, 0.2) is 0 Å². The van der Waals surface area contributed by atoms with E-state index in [0.29, 0.717) is 0 Å². The number of rotatable bonds is 7. The largest absolute Gasteiger partial charge is 0.348 e. The first-order valence-corrected chi connectivity index (χ1v) is 10.0. The molecule has 0 unspecified atom stereocenters. The average molecular weight is 391 g/mol. The van der Waals surface area contributed by atoms with Crippen molar-refractivity contribution in [2.75, 3.05) is 10.6 Å². The van der Waals surface area contributed by atoms with Crippen LogP contribution in [-0.4, -0.2) is 31.5 Å². The molecule has 0 saturated carbocycles. The highest BCUT2D eigenvalue weighted by molar-refractivity contribution is 7.92. The van der Waals surface area contributed by atoms with Crippen molar-refractivity contribution in [2.24, 2.45) is 0 Å². The molecule has 1 N–H and O–H groups in total. The fourth-order valence-electron chi connectivity index (χ4n) is 2.71. The number of benzene rings is 2. The normalized spacial score (nSPS) is 13.4. The van der Waals surface area contributed by atoms with E-state index >= 15 is 0 Å². The Labute approximate surface area is 158 Å². The second-order valence-corrected chi connectivity index (χ2v) is 8.01. The van der Waals surface area contributed by atoms with E-state index in [2.05, 4.69) is 5.32 Å². The lowest BCUT2D eigenvalue weighted by Gasteiger charge is -2.29. The first-order chi connectivity index (χ1) is 12.6. The summed E-state index contributed by atoms with van der Waals surface area (Å²) in [4.78, 5) is 23.0. The number of carbonyl (C=O) groups excluding carboxylic acids is 1. The summed E-state index contributed by atoms with van der Waals surface area (Å²) in [5.74, 6) is -0.511. The van der Waals surface area contributed by atoms with Crippen molar-refractivity contribution < 1.29 is 18.1 Å². The second kappa shape index (κ2) is 8.17. The molecule has 0 aliphatic rings. The van der Waals surface area contributed by atoms with Crippen LogP contribution in [0.2, 0.25) is 0 Å². The van der Waals surface area contributed by atoms with Gasteiger partial charge >= 0.3 is 0 Å². The highest BCUT2D eigenvalue weighted by Gasteiger charge is 2.30. The molecule has 0 aliphatic heterocycles. The summed E-state index contributed by atoms with van der Waals surface area (Å²) in [6, 6.07) is 13.0. The predicted octanol–water partition coefficient (Wildman–Crippen LogP) is 2.63. The standard InChI is InChI=1S/C18H21N3O5S/c1-13(15-8-5-4-6-9-15)19-18(22)14(2)20(27(3,25)26)16-10-7-11-17(12-16)21(23)24/h4-14H,1-3H3,(H,19,22)/t13-,14+/m1/s1. The number of nitrogens with one attached hydrogen (secondary N) is 1. The van der Waals surface area contributed by atoms with Gasteiger partial charge in [-0.25, -0.2) is 8.42 Å². The monoisotopic (exact) mass is 391 g/mol. The molecule has 2 aromatic rings. The van der Waals surface area contributed by atoms with Crippen LogP contribution in [0.5, 0.6) is 0 Å². The van der Waals surface area contributed by atoms with Crippen LogP contribution in [0.15, 0.2) is 54.6 Å². The van der Waals surface area contributed by atoms with Crippen LogP contribution in [0.1, 0.15) is 25.5 Å². The van der Waals surface area contributed by atoms with Gasteiger partial charge in [0.2, 0.25) is 15.9 Å². The van der Waals surface area contributed by atoms with E-state index < -0.39 is 26.9 Å². The fourth-order valence-corrected chi connectivity index (χ4v) is 3.88. The van der Waals surface area contributed by atoms with Gasteiger partial charge in [-0.2, -0.15) is 0 Å². The first-order valence-electron chi connectivity index (χ1n) is 8.20. The van der Waals surface area contributed by atoms with E-state index in [1.165, 1.54) is 25.1 Å². The van der Waals surface area contributed by atoms with Gasteiger partial charge in [-0.05, 0) is 25.5 Å². The molecule has 2 aromatic carbocycles. The molecule has 0 bridgehead atoms. The smallest absolute Gasteiger partial charge is 0.271 e. The Morgan fingerprint density at radius 1 is 1.11 bits per heavy atom. The zero-order valence-corrected chi connectivity index (χ0v) is 16.0. The van der Waals surface area contributed by atoms with Gasteiger partial charge in [-0.15, -0.1) is 0 Å². The van der Waals surface area contributed by atoms with Gasteiger partial charge in [0, 0.05) is 12.1 Å². The average Bonchev–Trinajstić information content (AvgIpc) is 2.61. The summed E-state index contributed by atoms with van der Waals surface area (Å²) in [5.41, 5.74) is 0.674. The van der Waals surface area contributed by atoms with Gasteiger partial charge in [0.25, 0.3) is 5.69 Å². The molecule has 0 aliphatic carbocycles. The predicted molar refractivity (Wildman–Crippen MR) is 103 cm³/mol. The number of non-ortho nitro benzene ring substituents is 1. The Balaban J connectivity index is 2.30. The lowest BCUT2D eigenvalue weighted by molar-refractivity contribution is -0.384. The van der Waals surface area contributed by atoms with E-state index in [1.807, 2.05) is 30.3 Å². The number of anilines is 1. The highest BCUT2D eigenvalue weighted by atomic mass is 32.2. The third-order valence-electron chi connectivity index (χ3n) is 4.04. The third-order valence-corrected chi connectivity index (χ3v) is 5.28. The number of hydrogen-bond donors (Lipinski definition) is 1. The number of nitro groups is 1. The minimum absolute atomic E-state index is 0.0571. The van der Waals surface area contributed by atoms with Crippen molar-refractivity contribution in [2.45, 2.75) is 25.9 Å². The van der Waals surface area contributed by atoms with Crippen LogP contribution < -0.4 is 9.62 Å². The summed E-state index contributed by atoms with van der Waals surface area (Å²) in [5, 5.41) is 13.8. The van der Waals surface area contributed by atoms with Crippen molar-refractivity contribution >= 4 is 27.3 Å².